The summed E-state index contributed by atoms with van der Waals surface area (Å²) in [6.07, 6.45) is 2.73. The molecular formula is C21H25FN4O4. The minimum atomic E-state index is -0.686. The van der Waals surface area contributed by atoms with Crippen molar-refractivity contribution in [2.24, 2.45) is 5.92 Å². The van der Waals surface area contributed by atoms with Crippen LogP contribution in [0.5, 0.6) is 0 Å². The Kier molecular flexibility index (Phi) is 4.56. The first-order valence-corrected chi connectivity index (χ1v) is 10.6. The predicted molar refractivity (Wildman–Crippen MR) is 105 cm³/mol. The largest absolute Gasteiger partial charge is 0.440 e. The van der Waals surface area contributed by atoms with Crippen molar-refractivity contribution in [3.05, 3.63) is 30.1 Å². The Bertz CT molecular complexity index is 882. The number of nitrogens with zero attached hydrogens (tertiary/aromatic N) is 3. The number of anilines is 1. The number of rotatable bonds is 2. The Labute approximate surface area is 173 Å². The minimum Gasteiger partial charge on any atom is -0.440 e. The first kappa shape index (κ1) is 19.1. The fraction of sp³-hybridized carbons (Fsp3) is 0.571. The van der Waals surface area contributed by atoms with Gasteiger partial charge in [0.1, 0.15) is 11.4 Å². The third-order valence-corrected chi connectivity index (χ3v) is 6.76. The highest BCUT2D eigenvalue weighted by atomic mass is 19.1. The molecule has 1 saturated carbocycles. The van der Waals surface area contributed by atoms with E-state index in [1.807, 2.05) is 4.90 Å². The highest BCUT2D eigenvalue weighted by molar-refractivity contribution is 5.89. The molecule has 1 aromatic rings. The Hall–Kier alpha value is -2.84. The monoisotopic (exact) mass is 416 g/mol. The van der Waals surface area contributed by atoms with Crippen molar-refractivity contribution in [1.29, 1.82) is 0 Å². The summed E-state index contributed by atoms with van der Waals surface area (Å²) in [4.78, 5) is 42.8. The van der Waals surface area contributed by atoms with Crippen molar-refractivity contribution >= 4 is 23.7 Å². The molecule has 1 N–H and O–H groups in total. The summed E-state index contributed by atoms with van der Waals surface area (Å²) in [6.45, 7) is 2.18. The Balaban J connectivity index is 1.27. The van der Waals surface area contributed by atoms with Crippen LogP contribution in [0.15, 0.2) is 24.3 Å². The molecule has 3 saturated heterocycles. The van der Waals surface area contributed by atoms with Crippen LogP contribution in [-0.2, 0) is 9.53 Å². The number of amides is 4. The van der Waals surface area contributed by atoms with Crippen molar-refractivity contribution in [1.82, 2.24) is 14.7 Å². The summed E-state index contributed by atoms with van der Waals surface area (Å²) < 4.78 is 19.7. The maximum absolute atomic E-state index is 13.9. The highest BCUT2D eigenvalue weighted by Crippen LogP contribution is 2.41. The smallest absolute Gasteiger partial charge is 0.410 e. The van der Waals surface area contributed by atoms with Gasteiger partial charge in [-0.15, -0.1) is 0 Å². The number of piperidine rings is 1. The zero-order chi connectivity index (χ0) is 20.9. The molecule has 1 spiro atoms. The summed E-state index contributed by atoms with van der Waals surface area (Å²) in [6, 6.07) is 5.38. The van der Waals surface area contributed by atoms with E-state index >= 15 is 0 Å². The van der Waals surface area contributed by atoms with Crippen LogP contribution in [0.2, 0.25) is 0 Å². The second kappa shape index (κ2) is 7.14. The van der Waals surface area contributed by atoms with Gasteiger partial charge >= 0.3 is 12.1 Å². The van der Waals surface area contributed by atoms with E-state index in [1.165, 1.54) is 12.1 Å². The van der Waals surface area contributed by atoms with E-state index in [9.17, 15) is 18.8 Å². The number of ether oxygens (including phenoxy) is 1. The molecule has 3 heterocycles. The molecule has 5 rings (SSSR count). The van der Waals surface area contributed by atoms with E-state index in [-0.39, 0.29) is 29.6 Å². The molecule has 4 fully saturated rings. The molecule has 0 radical (unpaired) electrons. The van der Waals surface area contributed by atoms with Crippen LogP contribution in [0.4, 0.5) is 19.7 Å². The number of fused-ring (bicyclic) bond motifs is 2. The molecule has 3 aliphatic heterocycles. The van der Waals surface area contributed by atoms with Gasteiger partial charge in [-0.05, 0) is 25.0 Å². The van der Waals surface area contributed by atoms with E-state index in [2.05, 4.69) is 5.32 Å². The number of likely N-dealkylation sites (tertiary alicyclic amines) is 1. The number of carbonyl (C=O) groups excluding carboxylic acids is 3. The lowest BCUT2D eigenvalue weighted by atomic mass is 9.83. The van der Waals surface area contributed by atoms with Crippen LogP contribution in [0.1, 0.15) is 25.7 Å². The molecular weight excluding hydrogens is 391 g/mol. The minimum absolute atomic E-state index is 0.130. The van der Waals surface area contributed by atoms with Crippen LogP contribution >= 0.6 is 0 Å². The maximum Gasteiger partial charge on any atom is 0.410 e. The van der Waals surface area contributed by atoms with Gasteiger partial charge in [0.2, 0.25) is 5.91 Å². The van der Waals surface area contributed by atoms with Crippen LogP contribution in [0.25, 0.3) is 0 Å². The summed E-state index contributed by atoms with van der Waals surface area (Å²) in [5, 5.41) is 2.62. The number of nitrogens with one attached hydrogen (secondary N) is 1. The first-order chi connectivity index (χ1) is 14.5. The summed E-state index contributed by atoms with van der Waals surface area (Å²) in [5.41, 5.74) is -0.556. The van der Waals surface area contributed by atoms with E-state index in [0.717, 1.165) is 12.8 Å². The van der Waals surface area contributed by atoms with Crippen LogP contribution in [-0.4, -0.2) is 77.1 Å². The molecule has 1 aromatic carbocycles. The Morgan fingerprint density at radius 3 is 2.50 bits per heavy atom. The van der Waals surface area contributed by atoms with E-state index < -0.39 is 17.4 Å². The molecule has 30 heavy (non-hydrogen) atoms. The van der Waals surface area contributed by atoms with Crippen molar-refractivity contribution in [3.8, 4) is 0 Å². The summed E-state index contributed by atoms with van der Waals surface area (Å²) in [7, 11) is 0. The van der Waals surface area contributed by atoms with Gasteiger partial charge in [-0.25, -0.2) is 14.0 Å². The number of carbonyl (C=O) groups is 3. The van der Waals surface area contributed by atoms with Gasteiger partial charge in [0, 0.05) is 51.5 Å². The highest BCUT2D eigenvalue weighted by Gasteiger charge is 2.57. The molecule has 1 aliphatic carbocycles. The summed E-state index contributed by atoms with van der Waals surface area (Å²) in [5.74, 6) is -0.109. The van der Waals surface area contributed by atoms with Crippen LogP contribution in [0, 0.1) is 11.7 Å². The van der Waals surface area contributed by atoms with Crippen LogP contribution < -0.4 is 5.32 Å². The molecule has 160 valence electrons. The number of benzene rings is 1. The number of piperazine rings is 1. The Morgan fingerprint density at radius 1 is 1.07 bits per heavy atom. The van der Waals surface area contributed by atoms with Gasteiger partial charge in [-0.1, -0.05) is 12.1 Å². The predicted octanol–water partition coefficient (Wildman–Crippen LogP) is 2.27. The van der Waals surface area contributed by atoms with Crippen molar-refractivity contribution in [2.45, 2.75) is 37.3 Å². The zero-order valence-corrected chi connectivity index (χ0v) is 16.7. The molecule has 1 atom stereocenters. The van der Waals surface area contributed by atoms with E-state index in [0.29, 0.717) is 45.6 Å². The third kappa shape index (κ3) is 3.26. The number of para-hydroxylation sites is 1. The van der Waals surface area contributed by atoms with Gasteiger partial charge in [0.15, 0.2) is 0 Å². The lowest BCUT2D eigenvalue weighted by molar-refractivity contribution is -0.136. The number of hydrogen-bond acceptors (Lipinski definition) is 4. The standard InChI is InChI=1S/C21H25FN4O4/c22-15-3-1-2-4-16(15)23-19(28)25-11-12-26-17(13-25)21(30-20(26)29)7-9-24(10-8-21)18(27)14-5-6-14/h1-4,14,17H,5-13H2,(H,23,28). The van der Waals surface area contributed by atoms with Gasteiger partial charge < -0.3 is 19.9 Å². The SMILES string of the molecule is O=C(Nc1ccccc1F)N1CCN2C(=O)OC3(CCN(C(=O)C4CC4)CC3)C2C1. The number of hydrogen-bond donors (Lipinski definition) is 1. The fourth-order valence-electron chi connectivity index (χ4n) is 4.82. The fourth-order valence-corrected chi connectivity index (χ4v) is 4.82. The van der Waals surface area contributed by atoms with Crippen molar-refractivity contribution < 1.29 is 23.5 Å². The number of halogens is 1. The second-order valence-electron chi connectivity index (χ2n) is 8.60. The molecule has 8 nitrogen and oxygen atoms in total. The number of urea groups is 1. The zero-order valence-electron chi connectivity index (χ0n) is 16.7. The average Bonchev–Trinajstić information content (AvgIpc) is 3.57. The van der Waals surface area contributed by atoms with Gasteiger partial charge in [-0.3, -0.25) is 9.69 Å². The lowest BCUT2D eigenvalue weighted by Gasteiger charge is -2.45. The second-order valence-corrected chi connectivity index (χ2v) is 8.60. The van der Waals surface area contributed by atoms with Crippen molar-refractivity contribution in [3.63, 3.8) is 0 Å². The van der Waals surface area contributed by atoms with E-state index in [1.54, 1.807) is 21.9 Å². The molecule has 9 heteroatoms. The average molecular weight is 416 g/mol. The van der Waals surface area contributed by atoms with Crippen molar-refractivity contribution in [2.75, 3.05) is 38.0 Å². The molecule has 0 bridgehead atoms. The van der Waals surface area contributed by atoms with Gasteiger partial charge in [0.25, 0.3) is 0 Å². The third-order valence-electron chi connectivity index (χ3n) is 6.76. The normalized spacial score (nSPS) is 25.2. The van der Waals surface area contributed by atoms with E-state index in [4.69, 9.17) is 4.74 Å². The maximum atomic E-state index is 13.9. The topological polar surface area (TPSA) is 82.2 Å². The summed E-state index contributed by atoms with van der Waals surface area (Å²) >= 11 is 0. The quantitative estimate of drug-likeness (QED) is 0.802. The molecule has 4 aliphatic rings. The molecule has 4 amide bonds. The lowest BCUT2D eigenvalue weighted by Crippen LogP contribution is -2.62. The molecule has 1 unspecified atom stereocenters. The Morgan fingerprint density at radius 2 is 1.80 bits per heavy atom. The van der Waals surface area contributed by atoms with Gasteiger partial charge in [-0.2, -0.15) is 0 Å². The first-order valence-electron chi connectivity index (χ1n) is 10.6. The van der Waals surface area contributed by atoms with Crippen LogP contribution in [0.3, 0.4) is 0 Å². The van der Waals surface area contributed by atoms with Gasteiger partial charge in [0.05, 0.1) is 11.7 Å². The molecule has 0 aromatic heterocycles.